The predicted molar refractivity (Wildman–Crippen MR) is 46.9 cm³/mol. The lowest BCUT2D eigenvalue weighted by atomic mass is 10.2. The van der Waals surface area contributed by atoms with E-state index in [0.29, 0.717) is 5.69 Å². The summed E-state index contributed by atoms with van der Waals surface area (Å²) >= 11 is 0. The molecular weight excluding hydrogens is 152 g/mol. The molecular formula is C8H10N4. The van der Waals surface area contributed by atoms with Crippen molar-refractivity contribution in [2.24, 2.45) is 0 Å². The molecule has 0 spiro atoms. The lowest BCUT2D eigenvalue weighted by molar-refractivity contribution is 1.01. The van der Waals surface area contributed by atoms with E-state index in [1.807, 2.05) is 30.5 Å². The molecule has 0 aliphatic carbocycles. The van der Waals surface area contributed by atoms with Crippen LogP contribution in [0.25, 0.3) is 5.65 Å². The van der Waals surface area contributed by atoms with Gasteiger partial charge in [-0.3, -0.25) is 4.40 Å². The lowest BCUT2D eigenvalue weighted by Crippen LogP contribution is -1.96. The Balaban J connectivity index is 2.93. The summed E-state index contributed by atoms with van der Waals surface area (Å²) in [6.45, 7) is 3.86. The third-order valence-electron chi connectivity index (χ3n) is 2.01. The van der Waals surface area contributed by atoms with E-state index >= 15 is 0 Å². The molecule has 0 aromatic carbocycles. The Morgan fingerprint density at radius 1 is 1.33 bits per heavy atom. The maximum absolute atomic E-state index is 5.81. The first-order valence-corrected chi connectivity index (χ1v) is 3.76. The number of anilines is 1. The Morgan fingerprint density at radius 2 is 2.08 bits per heavy atom. The van der Waals surface area contributed by atoms with Gasteiger partial charge < -0.3 is 5.73 Å². The summed E-state index contributed by atoms with van der Waals surface area (Å²) in [5, 5.41) is 7.90. The number of hydrogen-bond acceptors (Lipinski definition) is 3. The molecule has 2 N–H and O–H groups in total. The average Bonchev–Trinajstić information content (AvgIpc) is 2.41. The second-order valence-corrected chi connectivity index (χ2v) is 2.85. The zero-order valence-electron chi connectivity index (χ0n) is 7.07. The third kappa shape index (κ3) is 0.777. The van der Waals surface area contributed by atoms with Crippen molar-refractivity contribution in [1.29, 1.82) is 0 Å². The van der Waals surface area contributed by atoms with Gasteiger partial charge in [0, 0.05) is 6.20 Å². The summed E-state index contributed by atoms with van der Waals surface area (Å²) in [7, 11) is 0. The van der Waals surface area contributed by atoms with E-state index in [1.165, 1.54) is 0 Å². The van der Waals surface area contributed by atoms with Crippen LogP contribution in [-0.4, -0.2) is 14.6 Å². The maximum Gasteiger partial charge on any atom is 0.184 e. The summed E-state index contributed by atoms with van der Waals surface area (Å²) < 4.78 is 1.88. The van der Waals surface area contributed by atoms with Gasteiger partial charge in [-0.1, -0.05) is 0 Å². The number of hydrogen-bond donors (Lipinski definition) is 1. The maximum atomic E-state index is 5.81. The Bertz CT molecular complexity index is 430. The van der Waals surface area contributed by atoms with Gasteiger partial charge in [-0.25, -0.2) is 0 Å². The molecule has 0 saturated carbocycles. The van der Waals surface area contributed by atoms with Crippen molar-refractivity contribution >= 4 is 11.3 Å². The molecule has 2 heterocycles. The summed E-state index contributed by atoms with van der Waals surface area (Å²) in [6, 6.07) is 1.96. The molecule has 0 amide bonds. The molecule has 0 fully saturated rings. The van der Waals surface area contributed by atoms with Crippen LogP contribution in [0.5, 0.6) is 0 Å². The van der Waals surface area contributed by atoms with Gasteiger partial charge in [-0.05, 0) is 25.5 Å². The Morgan fingerprint density at radius 3 is 2.83 bits per heavy atom. The number of aryl methyl sites for hydroxylation is 2. The van der Waals surface area contributed by atoms with Gasteiger partial charge in [0.15, 0.2) is 5.65 Å². The van der Waals surface area contributed by atoms with E-state index in [0.717, 1.165) is 17.0 Å². The smallest absolute Gasteiger partial charge is 0.184 e. The van der Waals surface area contributed by atoms with Crippen LogP contribution in [0.4, 0.5) is 5.69 Å². The number of fused-ring (bicyclic) bond motifs is 1. The molecule has 12 heavy (non-hydrogen) atoms. The summed E-state index contributed by atoms with van der Waals surface area (Å²) in [6.07, 6.45) is 1.93. The van der Waals surface area contributed by atoms with Crippen LogP contribution < -0.4 is 5.73 Å². The third-order valence-corrected chi connectivity index (χ3v) is 2.01. The molecule has 4 nitrogen and oxygen atoms in total. The lowest BCUT2D eigenvalue weighted by Gasteiger charge is -2.00. The Kier molecular flexibility index (Phi) is 1.30. The topological polar surface area (TPSA) is 56.2 Å². The molecule has 2 aromatic rings. The zero-order valence-corrected chi connectivity index (χ0v) is 7.07. The number of nitrogens with zero attached hydrogens (tertiary/aromatic N) is 3. The molecule has 2 rings (SSSR count). The first kappa shape index (κ1) is 7.09. The standard InChI is InChI=1S/C8H10N4/c1-5-3-4-12-6(2)10-11-8(12)7(5)9/h3-4H,9H2,1-2H3. The van der Waals surface area contributed by atoms with Crippen LogP contribution in [0.2, 0.25) is 0 Å². The van der Waals surface area contributed by atoms with Crippen LogP contribution in [0.15, 0.2) is 12.3 Å². The van der Waals surface area contributed by atoms with E-state index in [9.17, 15) is 0 Å². The van der Waals surface area contributed by atoms with Crippen LogP contribution in [0.3, 0.4) is 0 Å². The molecule has 0 aliphatic heterocycles. The van der Waals surface area contributed by atoms with Crippen LogP contribution >= 0.6 is 0 Å². The highest BCUT2D eigenvalue weighted by Gasteiger charge is 2.04. The zero-order chi connectivity index (χ0) is 8.72. The van der Waals surface area contributed by atoms with Gasteiger partial charge in [0.2, 0.25) is 0 Å². The van der Waals surface area contributed by atoms with Gasteiger partial charge in [0.05, 0.1) is 5.69 Å². The van der Waals surface area contributed by atoms with Crippen molar-refractivity contribution in [2.45, 2.75) is 13.8 Å². The molecule has 4 heteroatoms. The fourth-order valence-electron chi connectivity index (χ4n) is 1.18. The highest BCUT2D eigenvalue weighted by molar-refractivity contribution is 5.67. The molecule has 2 aromatic heterocycles. The van der Waals surface area contributed by atoms with Gasteiger partial charge in [0.25, 0.3) is 0 Å². The van der Waals surface area contributed by atoms with Gasteiger partial charge in [-0.15, -0.1) is 10.2 Å². The summed E-state index contributed by atoms with van der Waals surface area (Å²) in [5.41, 5.74) is 8.29. The number of aromatic nitrogens is 3. The van der Waals surface area contributed by atoms with E-state index in [2.05, 4.69) is 10.2 Å². The number of nitrogens with two attached hydrogens (primary N) is 1. The minimum Gasteiger partial charge on any atom is -0.395 e. The van der Waals surface area contributed by atoms with Crippen molar-refractivity contribution < 1.29 is 0 Å². The molecule has 0 bridgehead atoms. The monoisotopic (exact) mass is 162 g/mol. The Labute approximate surface area is 70.0 Å². The minimum atomic E-state index is 0.707. The van der Waals surface area contributed by atoms with E-state index in [-0.39, 0.29) is 0 Å². The highest BCUT2D eigenvalue weighted by atomic mass is 15.2. The molecule has 0 radical (unpaired) electrons. The van der Waals surface area contributed by atoms with Gasteiger partial charge in [-0.2, -0.15) is 0 Å². The van der Waals surface area contributed by atoms with Crippen molar-refractivity contribution in [3.8, 4) is 0 Å². The molecule has 0 saturated heterocycles. The van der Waals surface area contributed by atoms with Crippen molar-refractivity contribution in [2.75, 3.05) is 5.73 Å². The average molecular weight is 162 g/mol. The van der Waals surface area contributed by atoms with Crippen LogP contribution in [-0.2, 0) is 0 Å². The fraction of sp³-hybridized carbons (Fsp3) is 0.250. The van der Waals surface area contributed by atoms with Crippen molar-refractivity contribution in [3.63, 3.8) is 0 Å². The fourth-order valence-corrected chi connectivity index (χ4v) is 1.18. The van der Waals surface area contributed by atoms with E-state index in [1.54, 1.807) is 0 Å². The molecule has 62 valence electrons. The highest BCUT2D eigenvalue weighted by Crippen LogP contribution is 2.16. The normalized spacial score (nSPS) is 10.8. The van der Waals surface area contributed by atoms with Gasteiger partial charge >= 0.3 is 0 Å². The molecule has 0 aliphatic rings. The van der Waals surface area contributed by atoms with E-state index in [4.69, 9.17) is 5.73 Å². The first-order valence-electron chi connectivity index (χ1n) is 3.76. The minimum absolute atomic E-state index is 0.707. The predicted octanol–water partition coefficient (Wildman–Crippen LogP) is 0.928. The van der Waals surface area contributed by atoms with Gasteiger partial charge in [0.1, 0.15) is 5.82 Å². The van der Waals surface area contributed by atoms with Crippen LogP contribution in [0, 0.1) is 13.8 Å². The number of pyridine rings is 1. The Hall–Kier alpha value is -1.58. The second-order valence-electron chi connectivity index (χ2n) is 2.85. The quantitative estimate of drug-likeness (QED) is 0.627. The van der Waals surface area contributed by atoms with E-state index < -0.39 is 0 Å². The first-order chi connectivity index (χ1) is 5.70. The summed E-state index contributed by atoms with van der Waals surface area (Å²) in [5.74, 6) is 0.858. The molecule has 0 atom stereocenters. The second kappa shape index (κ2) is 2.20. The van der Waals surface area contributed by atoms with Crippen LogP contribution in [0.1, 0.15) is 11.4 Å². The largest absolute Gasteiger partial charge is 0.395 e. The SMILES string of the molecule is Cc1ccn2c(C)nnc2c1N. The molecule has 0 unspecified atom stereocenters. The summed E-state index contributed by atoms with van der Waals surface area (Å²) in [4.78, 5) is 0. The van der Waals surface area contributed by atoms with Crippen molar-refractivity contribution in [3.05, 3.63) is 23.7 Å². The number of rotatable bonds is 0. The van der Waals surface area contributed by atoms with Crippen molar-refractivity contribution in [1.82, 2.24) is 14.6 Å². The number of nitrogen functional groups attached to an aromatic ring is 1.